The van der Waals surface area contributed by atoms with Crippen LogP contribution in [0.5, 0.6) is 5.75 Å². The minimum atomic E-state index is -0.321. The summed E-state index contributed by atoms with van der Waals surface area (Å²) < 4.78 is 5.76. The first kappa shape index (κ1) is 12.4. The standard InChI is InChI=1S/C12H18N2O2/c1-8-5-6-9(11(13)14-15)10(7-8)16-12(2,3)4/h5-7,15H,1-4H3,(H2,13,14). The van der Waals surface area contributed by atoms with E-state index >= 15 is 0 Å². The highest BCUT2D eigenvalue weighted by Gasteiger charge is 2.16. The second-order valence-electron chi connectivity index (χ2n) is 4.70. The highest BCUT2D eigenvalue weighted by Crippen LogP contribution is 2.24. The van der Waals surface area contributed by atoms with Gasteiger partial charge in [0.25, 0.3) is 0 Å². The van der Waals surface area contributed by atoms with Crippen molar-refractivity contribution in [3.05, 3.63) is 29.3 Å². The monoisotopic (exact) mass is 222 g/mol. The second-order valence-corrected chi connectivity index (χ2v) is 4.70. The van der Waals surface area contributed by atoms with Crippen LogP contribution in [0.15, 0.2) is 23.4 Å². The van der Waals surface area contributed by atoms with Crippen LogP contribution in [0.3, 0.4) is 0 Å². The van der Waals surface area contributed by atoms with Crippen LogP contribution in [0.25, 0.3) is 0 Å². The van der Waals surface area contributed by atoms with Crippen LogP contribution in [0, 0.1) is 6.92 Å². The van der Waals surface area contributed by atoms with Gasteiger partial charge in [0.1, 0.15) is 11.4 Å². The van der Waals surface area contributed by atoms with Crippen molar-refractivity contribution in [1.82, 2.24) is 0 Å². The predicted molar refractivity (Wildman–Crippen MR) is 64.1 cm³/mol. The van der Waals surface area contributed by atoms with Gasteiger partial charge in [0.15, 0.2) is 5.84 Å². The number of amidine groups is 1. The third-order valence-electron chi connectivity index (χ3n) is 1.94. The van der Waals surface area contributed by atoms with Crippen LogP contribution >= 0.6 is 0 Å². The van der Waals surface area contributed by atoms with Crippen LogP contribution in [-0.4, -0.2) is 16.6 Å². The van der Waals surface area contributed by atoms with E-state index in [2.05, 4.69) is 5.16 Å². The van der Waals surface area contributed by atoms with Gasteiger partial charge in [-0.3, -0.25) is 0 Å². The van der Waals surface area contributed by atoms with Crippen LogP contribution in [0.2, 0.25) is 0 Å². The number of ether oxygens (including phenoxy) is 1. The zero-order valence-electron chi connectivity index (χ0n) is 10.1. The highest BCUT2D eigenvalue weighted by atomic mass is 16.5. The normalized spacial score (nSPS) is 12.6. The molecule has 0 amide bonds. The second kappa shape index (κ2) is 4.43. The molecule has 1 rings (SSSR count). The molecule has 0 aliphatic heterocycles. The van der Waals surface area contributed by atoms with Gasteiger partial charge < -0.3 is 15.7 Å². The molecule has 0 saturated carbocycles. The quantitative estimate of drug-likeness (QED) is 0.349. The summed E-state index contributed by atoms with van der Waals surface area (Å²) in [4.78, 5) is 0. The van der Waals surface area contributed by atoms with Gasteiger partial charge >= 0.3 is 0 Å². The summed E-state index contributed by atoms with van der Waals surface area (Å²) in [7, 11) is 0. The Morgan fingerprint density at radius 1 is 1.38 bits per heavy atom. The number of rotatable bonds is 2. The number of oxime groups is 1. The van der Waals surface area contributed by atoms with Crippen LogP contribution < -0.4 is 10.5 Å². The van der Waals surface area contributed by atoms with E-state index in [1.807, 2.05) is 39.8 Å². The Bertz CT molecular complexity index is 406. The van der Waals surface area contributed by atoms with Crippen LogP contribution in [0.4, 0.5) is 0 Å². The molecule has 0 atom stereocenters. The van der Waals surface area contributed by atoms with Crippen molar-refractivity contribution in [2.45, 2.75) is 33.3 Å². The molecule has 0 heterocycles. The number of aryl methyl sites for hydroxylation is 1. The Labute approximate surface area is 95.7 Å². The van der Waals surface area contributed by atoms with E-state index in [-0.39, 0.29) is 11.4 Å². The SMILES string of the molecule is Cc1ccc(C(N)=NO)c(OC(C)(C)C)c1. The van der Waals surface area contributed by atoms with E-state index in [1.165, 1.54) is 0 Å². The van der Waals surface area contributed by atoms with Crippen LogP contribution in [-0.2, 0) is 0 Å². The summed E-state index contributed by atoms with van der Waals surface area (Å²) in [5.74, 6) is 0.682. The fraction of sp³-hybridized carbons (Fsp3) is 0.417. The Morgan fingerprint density at radius 3 is 2.50 bits per heavy atom. The average molecular weight is 222 g/mol. The van der Waals surface area contributed by atoms with Gasteiger partial charge in [-0.05, 0) is 45.4 Å². The molecule has 0 bridgehead atoms. The molecule has 0 aliphatic rings. The van der Waals surface area contributed by atoms with Gasteiger partial charge in [-0.2, -0.15) is 0 Å². The summed E-state index contributed by atoms with van der Waals surface area (Å²) in [6, 6.07) is 5.55. The molecule has 0 fully saturated rings. The fourth-order valence-corrected chi connectivity index (χ4v) is 1.31. The predicted octanol–water partition coefficient (Wildman–Crippen LogP) is 2.27. The molecular formula is C12H18N2O2. The lowest BCUT2D eigenvalue weighted by Gasteiger charge is -2.23. The third kappa shape index (κ3) is 3.15. The van der Waals surface area contributed by atoms with Crippen molar-refractivity contribution in [1.29, 1.82) is 0 Å². The van der Waals surface area contributed by atoms with Crippen molar-refractivity contribution < 1.29 is 9.94 Å². The van der Waals surface area contributed by atoms with E-state index in [4.69, 9.17) is 15.7 Å². The maximum Gasteiger partial charge on any atom is 0.173 e. The molecule has 1 aromatic rings. The van der Waals surface area contributed by atoms with Crippen molar-refractivity contribution in [2.75, 3.05) is 0 Å². The van der Waals surface area contributed by atoms with Gasteiger partial charge in [-0.25, -0.2) is 0 Å². The average Bonchev–Trinajstić information content (AvgIpc) is 2.14. The smallest absolute Gasteiger partial charge is 0.173 e. The number of nitrogens with zero attached hydrogens (tertiary/aromatic N) is 1. The molecular weight excluding hydrogens is 204 g/mol. The fourth-order valence-electron chi connectivity index (χ4n) is 1.31. The Hall–Kier alpha value is -1.71. The molecule has 4 heteroatoms. The summed E-state index contributed by atoms with van der Waals surface area (Å²) >= 11 is 0. The first-order chi connectivity index (χ1) is 7.33. The largest absolute Gasteiger partial charge is 0.487 e. The third-order valence-corrected chi connectivity index (χ3v) is 1.94. The Morgan fingerprint density at radius 2 is 2.00 bits per heavy atom. The van der Waals surface area contributed by atoms with E-state index in [0.29, 0.717) is 11.3 Å². The van der Waals surface area contributed by atoms with E-state index in [1.54, 1.807) is 6.07 Å². The molecule has 0 aromatic heterocycles. The van der Waals surface area contributed by atoms with Gasteiger partial charge in [-0.15, -0.1) is 0 Å². The number of nitrogens with two attached hydrogens (primary N) is 1. The van der Waals surface area contributed by atoms with Gasteiger partial charge in [0.05, 0.1) is 5.56 Å². The number of benzene rings is 1. The molecule has 0 saturated heterocycles. The van der Waals surface area contributed by atoms with Crippen molar-refractivity contribution in [3.63, 3.8) is 0 Å². The molecule has 3 N–H and O–H groups in total. The molecule has 0 radical (unpaired) electrons. The first-order valence-electron chi connectivity index (χ1n) is 5.11. The zero-order chi connectivity index (χ0) is 12.3. The molecule has 4 nitrogen and oxygen atoms in total. The van der Waals surface area contributed by atoms with Crippen molar-refractivity contribution >= 4 is 5.84 Å². The van der Waals surface area contributed by atoms with E-state index < -0.39 is 0 Å². The minimum Gasteiger partial charge on any atom is -0.487 e. The summed E-state index contributed by atoms with van der Waals surface area (Å²) in [5.41, 5.74) is 6.93. The van der Waals surface area contributed by atoms with Crippen molar-refractivity contribution in [2.24, 2.45) is 10.9 Å². The highest BCUT2D eigenvalue weighted by molar-refractivity contribution is 5.99. The maximum absolute atomic E-state index is 8.69. The van der Waals surface area contributed by atoms with Gasteiger partial charge in [0, 0.05) is 0 Å². The maximum atomic E-state index is 8.69. The lowest BCUT2D eigenvalue weighted by molar-refractivity contribution is 0.130. The van der Waals surface area contributed by atoms with Gasteiger partial charge in [-0.1, -0.05) is 11.2 Å². The number of hydrogen-bond donors (Lipinski definition) is 2. The molecule has 0 aliphatic carbocycles. The molecule has 0 spiro atoms. The number of hydrogen-bond acceptors (Lipinski definition) is 3. The summed E-state index contributed by atoms with van der Waals surface area (Å²) in [6.45, 7) is 7.81. The van der Waals surface area contributed by atoms with Crippen molar-refractivity contribution in [3.8, 4) is 5.75 Å². The molecule has 88 valence electrons. The molecule has 0 unspecified atom stereocenters. The molecule has 16 heavy (non-hydrogen) atoms. The van der Waals surface area contributed by atoms with Gasteiger partial charge in [0.2, 0.25) is 0 Å². The Balaban J connectivity index is 3.19. The lowest BCUT2D eigenvalue weighted by Crippen LogP contribution is -2.25. The summed E-state index contributed by atoms with van der Waals surface area (Å²) in [5, 5.41) is 11.7. The Kier molecular flexibility index (Phi) is 3.42. The van der Waals surface area contributed by atoms with Crippen LogP contribution in [0.1, 0.15) is 31.9 Å². The first-order valence-corrected chi connectivity index (χ1v) is 5.11. The zero-order valence-corrected chi connectivity index (χ0v) is 10.1. The summed E-state index contributed by atoms with van der Waals surface area (Å²) in [6.07, 6.45) is 0. The minimum absolute atomic E-state index is 0.0549. The topological polar surface area (TPSA) is 67.8 Å². The molecule has 1 aromatic carbocycles. The van der Waals surface area contributed by atoms with E-state index in [0.717, 1.165) is 5.56 Å². The van der Waals surface area contributed by atoms with E-state index in [9.17, 15) is 0 Å². The lowest BCUT2D eigenvalue weighted by atomic mass is 10.1.